The molecule has 3 rings (SSSR count). The standard InChI is InChI=1S/C11H16N4/c12-10-8-1-2-11(3-5-13-6-4-11)9(8)14-7-15-10/h1-2,13-14H,3-7H2,(H2,12,15). The minimum Gasteiger partial charge on any atom is -0.383 e. The van der Waals surface area contributed by atoms with Crippen molar-refractivity contribution in [1.82, 2.24) is 10.6 Å². The van der Waals surface area contributed by atoms with Gasteiger partial charge in [-0.25, -0.2) is 4.99 Å². The van der Waals surface area contributed by atoms with Gasteiger partial charge in [-0.1, -0.05) is 12.2 Å². The third-order valence-corrected chi connectivity index (χ3v) is 3.61. The Balaban J connectivity index is 2.00. The first-order valence-electron chi connectivity index (χ1n) is 5.51. The summed E-state index contributed by atoms with van der Waals surface area (Å²) in [5.41, 5.74) is 8.52. The Bertz CT molecular complexity index is 372. The third kappa shape index (κ3) is 1.21. The van der Waals surface area contributed by atoms with Gasteiger partial charge in [0.1, 0.15) is 12.5 Å². The Morgan fingerprint density at radius 3 is 2.93 bits per heavy atom. The topological polar surface area (TPSA) is 62.4 Å². The number of nitrogens with two attached hydrogens (primary N) is 1. The number of hydrogen-bond donors (Lipinski definition) is 3. The van der Waals surface area contributed by atoms with Gasteiger partial charge in [0.2, 0.25) is 0 Å². The molecule has 15 heavy (non-hydrogen) atoms. The maximum Gasteiger partial charge on any atom is 0.129 e. The van der Waals surface area contributed by atoms with E-state index in [0.717, 1.165) is 31.5 Å². The highest BCUT2D eigenvalue weighted by molar-refractivity contribution is 6.01. The third-order valence-electron chi connectivity index (χ3n) is 3.61. The number of nitrogens with one attached hydrogen (secondary N) is 2. The van der Waals surface area contributed by atoms with Gasteiger partial charge in [0, 0.05) is 16.7 Å². The number of fused-ring (bicyclic) bond motifs is 1. The minimum absolute atomic E-state index is 0.209. The Morgan fingerprint density at radius 2 is 2.13 bits per heavy atom. The molecule has 0 aromatic heterocycles. The summed E-state index contributed by atoms with van der Waals surface area (Å²) in [5, 5.41) is 6.79. The van der Waals surface area contributed by atoms with Gasteiger partial charge in [-0.05, 0) is 25.9 Å². The molecule has 0 aromatic rings. The van der Waals surface area contributed by atoms with E-state index < -0.39 is 0 Å². The molecule has 1 fully saturated rings. The number of piperidine rings is 1. The summed E-state index contributed by atoms with van der Waals surface area (Å²) < 4.78 is 0. The SMILES string of the molecule is NC1=NCNC2=C1C=CC21CCNCC1. The summed E-state index contributed by atoms with van der Waals surface area (Å²) in [6, 6.07) is 0. The van der Waals surface area contributed by atoms with Crippen LogP contribution in [0.2, 0.25) is 0 Å². The van der Waals surface area contributed by atoms with Crippen LogP contribution in [0.3, 0.4) is 0 Å². The average molecular weight is 204 g/mol. The normalized spacial score (nSPS) is 27.6. The smallest absolute Gasteiger partial charge is 0.129 e. The number of rotatable bonds is 0. The zero-order valence-corrected chi connectivity index (χ0v) is 8.71. The van der Waals surface area contributed by atoms with Crippen LogP contribution in [0.15, 0.2) is 28.4 Å². The summed E-state index contributed by atoms with van der Waals surface area (Å²) in [7, 11) is 0. The van der Waals surface area contributed by atoms with Crippen molar-refractivity contribution >= 4 is 5.84 Å². The molecule has 0 aromatic carbocycles. The highest BCUT2D eigenvalue weighted by atomic mass is 15.1. The molecule has 1 spiro atoms. The van der Waals surface area contributed by atoms with Crippen molar-refractivity contribution in [2.24, 2.45) is 16.1 Å². The van der Waals surface area contributed by atoms with Gasteiger partial charge in [0.15, 0.2) is 0 Å². The molecule has 4 N–H and O–H groups in total. The molecular formula is C11H16N4. The molecule has 0 bridgehead atoms. The molecule has 2 heterocycles. The fourth-order valence-corrected chi connectivity index (χ4v) is 2.74. The summed E-state index contributed by atoms with van der Waals surface area (Å²) in [4.78, 5) is 4.21. The van der Waals surface area contributed by atoms with Gasteiger partial charge in [0.25, 0.3) is 0 Å². The Morgan fingerprint density at radius 1 is 1.33 bits per heavy atom. The van der Waals surface area contributed by atoms with E-state index in [9.17, 15) is 0 Å². The Labute approximate surface area is 89.3 Å². The first-order valence-corrected chi connectivity index (χ1v) is 5.51. The molecule has 0 unspecified atom stereocenters. The highest BCUT2D eigenvalue weighted by Crippen LogP contribution is 2.43. The first-order chi connectivity index (χ1) is 7.32. The van der Waals surface area contributed by atoms with E-state index in [1.54, 1.807) is 0 Å². The maximum absolute atomic E-state index is 5.90. The Kier molecular flexibility index (Phi) is 1.85. The van der Waals surface area contributed by atoms with Gasteiger partial charge in [0.05, 0.1) is 0 Å². The van der Waals surface area contributed by atoms with Crippen molar-refractivity contribution in [2.75, 3.05) is 19.8 Å². The van der Waals surface area contributed by atoms with Crippen molar-refractivity contribution in [3.63, 3.8) is 0 Å². The molecule has 4 heteroatoms. The molecule has 3 aliphatic rings. The van der Waals surface area contributed by atoms with Gasteiger partial charge >= 0.3 is 0 Å². The van der Waals surface area contributed by atoms with Crippen LogP contribution in [0.1, 0.15) is 12.8 Å². The Hall–Kier alpha value is -1.29. The van der Waals surface area contributed by atoms with Crippen LogP contribution in [0, 0.1) is 5.41 Å². The van der Waals surface area contributed by atoms with E-state index >= 15 is 0 Å². The van der Waals surface area contributed by atoms with Crippen LogP contribution < -0.4 is 16.4 Å². The van der Waals surface area contributed by atoms with Crippen LogP contribution >= 0.6 is 0 Å². The van der Waals surface area contributed by atoms with Crippen LogP contribution in [0.5, 0.6) is 0 Å². The molecule has 80 valence electrons. The lowest BCUT2D eigenvalue weighted by atomic mass is 9.77. The van der Waals surface area contributed by atoms with E-state index in [-0.39, 0.29) is 5.41 Å². The van der Waals surface area contributed by atoms with Gasteiger partial charge in [-0.15, -0.1) is 0 Å². The monoisotopic (exact) mass is 204 g/mol. The fraction of sp³-hybridized carbons (Fsp3) is 0.545. The van der Waals surface area contributed by atoms with E-state index in [2.05, 4.69) is 27.8 Å². The molecule has 1 saturated heterocycles. The van der Waals surface area contributed by atoms with Crippen molar-refractivity contribution in [2.45, 2.75) is 12.8 Å². The second kappa shape index (κ2) is 3.10. The van der Waals surface area contributed by atoms with E-state index in [1.807, 2.05) is 0 Å². The molecule has 4 nitrogen and oxygen atoms in total. The second-order valence-electron chi connectivity index (χ2n) is 4.41. The molecule has 1 aliphatic carbocycles. The quantitative estimate of drug-likeness (QED) is 0.524. The number of amidine groups is 1. The summed E-state index contributed by atoms with van der Waals surface area (Å²) >= 11 is 0. The number of nitrogens with zero attached hydrogens (tertiary/aromatic N) is 1. The van der Waals surface area contributed by atoms with Gasteiger partial charge in [-0.3, -0.25) is 0 Å². The van der Waals surface area contributed by atoms with E-state index in [0.29, 0.717) is 12.5 Å². The van der Waals surface area contributed by atoms with E-state index in [4.69, 9.17) is 5.73 Å². The fourth-order valence-electron chi connectivity index (χ4n) is 2.74. The summed E-state index contributed by atoms with van der Waals surface area (Å²) in [6.45, 7) is 2.79. The highest BCUT2D eigenvalue weighted by Gasteiger charge is 2.39. The van der Waals surface area contributed by atoms with Crippen LogP contribution in [0.4, 0.5) is 0 Å². The van der Waals surface area contributed by atoms with Gasteiger partial charge in [-0.2, -0.15) is 0 Å². The molecule has 0 atom stereocenters. The molecular weight excluding hydrogens is 188 g/mol. The van der Waals surface area contributed by atoms with Crippen molar-refractivity contribution < 1.29 is 0 Å². The predicted octanol–water partition coefficient (Wildman–Crippen LogP) is 0.0980. The lowest BCUT2D eigenvalue weighted by molar-refractivity contribution is 0.311. The van der Waals surface area contributed by atoms with Crippen LogP contribution in [-0.4, -0.2) is 25.6 Å². The van der Waals surface area contributed by atoms with Crippen molar-refractivity contribution in [3.05, 3.63) is 23.4 Å². The zero-order chi connectivity index (χ0) is 10.3. The zero-order valence-electron chi connectivity index (χ0n) is 8.71. The lowest BCUT2D eigenvalue weighted by Crippen LogP contribution is -2.41. The van der Waals surface area contributed by atoms with E-state index in [1.165, 1.54) is 5.70 Å². The van der Waals surface area contributed by atoms with Crippen molar-refractivity contribution in [3.8, 4) is 0 Å². The average Bonchev–Trinajstić information content (AvgIpc) is 2.61. The molecule has 0 amide bonds. The van der Waals surface area contributed by atoms with Crippen LogP contribution in [0.25, 0.3) is 0 Å². The summed E-state index contributed by atoms with van der Waals surface area (Å²) in [5.74, 6) is 0.690. The minimum atomic E-state index is 0.209. The molecule has 0 radical (unpaired) electrons. The lowest BCUT2D eigenvalue weighted by Gasteiger charge is -2.36. The number of aliphatic imine (C=N–C) groups is 1. The second-order valence-corrected chi connectivity index (χ2v) is 4.41. The largest absolute Gasteiger partial charge is 0.383 e. The molecule has 2 aliphatic heterocycles. The maximum atomic E-state index is 5.90. The first kappa shape index (κ1) is 8.97. The number of allylic oxidation sites excluding steroid dienone is 1. The van der Waals surface area contributed by atoms with Gasteiger partial charge < -0.3 is 16.4 Å². The molecule has 0 saturated carbocycles. The number of hydrogen-bond acceptors (Lipinski definition) is 4. The summed E-state index contributed by atoms with van der Waals surface area (Å²) in [6.07, 6.45) is 6.75. The predicted molar refractivity (Wildman–Crippen MR) is 60.3 cm³/mol. The van der Waals surface area contributed by atoms with Crippen molar-refractivity contribution in [1.29, 1.82) is 0 Å². The van der Waals surface area contributed by atoms with Crippen LogP contribution in [-0.2, 0) is 0 Å².